The van der Waals surface area contributed by atoms with E-state index < -0.39 is 19.1 Å². The Balaban J connectivity index is 2.13. The molecular weight excluding hydrogens is 228 g/mol. The average Bonchev–Trinajstić information content (AvgIpc) is 2.49. The van der Waals surface area contributed by atoms with Gasteiger partial charge in [0, 0.05) is 13.1 Å². The standard InChI is InChI=1S/C9H16F4N2O/c1-15(4-5-16-9(11,12)13)6-8-7(10)2-3-14-8/h7-8,14H,2-6H2,1H3. The molecule has 0 aliphatic carbocycles. The summed E-state index contributed by atoms with van der Waals surface area (Å²) in [6.45, 7) is 0.717. The Morgan fingerprint density at radius 2 is 2.12 bits per heavy atom. The molecule has 0 radical (unpaired) electrons. The van der Waals surface area contributed by atoms with Gasteiger partial charge in [0.05, 0.1) is 12.6 Å². The lowest BCUT2D eigenvalue weighted by molar-refractivity contribution is -0.324. The lowest BCUT2D eigenvalue weighted by Gasteiger charge is -2.22. The summed E-state index contributed by atoms with van der Waals surface area (Å²) in [4.78, 5) is 1.63. The lowest BCUT2D eigenvalue weighted by Crippen LogP contribution is -2.41. The monoisotopic (exact) mass is 244 g/mol. The van der Waals surface area contributed by atoms with Crippen molar-refractivity contribution in [3.63, 3.8) is 0 Å². The van der Waals surface area contributed by atoms with Crippen LogP contribution in [0.15, 0.2) is 0 Å². The molecule has 2 unspecified atom stereocenters. The summed E-state index contributed by atoms with van der Waals surface area (Å²) < 4.78 is 51.8. The first kappa shape index (κ1) is 13.7. The van der Waals surface area contributed by atoms with Crippen LogP contribution in [0.2, 0.25) is 0 Å². The van der Waals surface area contributed by atoms with E-state index >= 15 is 0 Å². The normalized spacial score (nSPS) is 26.6. The van der Waals surface area contributed by atoms with Crippen molar-refractivity contribution in [1.82, 2.24) is 10.2 Å². The molecule has 1 fully saturated rings. The fraction of sp³-hybridized carbons (Fsp3) is 1.00. The van der Waals surface area contributed by atoms with Gasteiger partial charge in [-0.25, -0.2) is 4.39 Å². The molecule has 1 aliphatic rings. The van der Waals surface area contributed by atoms with Crippen molar-refractivity contribution in [1.29, 1.82) is 0 Å². The fourth-order valence-electron chi connectivity index (χ4n) is 1.66. The number of ether oxygens (including phenoxy) is 1. The molecule has 96 valence electrons. The Bertz CT molecular complexity index is 212. The van der Waals surface area contributed by atoms with Crippen molar-refractivity contribution >= 4 is 0 Å². The molecule has 1 N–H and O–H groups in total. The highest BCUT2D eigenvalue weighted by Crippen LogP contribution is 2.16. The van der Waals surface area contributed by atoms with Crippen LogP contribution < -0.4 is 5.32 Å². The molecule has 2 atom stereocenters. The second-order valence-corrected chi connectivity index (χ2v) is 3.92. The maximum atomic E-state index is 13.2. The Morgan fingerprint density at radius 1 is 1.44 bits per heavy atom. The number of hydrogen-bond donors (Lipinski definition) is 1. The Hall–Kier alpha value is -0.400. The number of nitrogens with one attached hydrogen (secondary N) is 1. The zero-order valence-electron chi connectivity index (χ0n) is 9.06. The van der Waals surface area contributed by atoms with E-state index in [4.69, 9.17) is 0 Å². The van der Waals surface area contributed by atoms with Crippen LogP contribution in [-0.2, 0) is 4.74 Å². The zero-order valence-corrected chi connectivity index (χ0v) is 9.06. The van der Waals surface area contributed by atoms with E-state index in [1.807, 2.05) is 0 Å². The summed E-state index contributed by atoms with van der Waals surface area (Å²) in [7, 11) is 1.65. The Labute approximate surface area is 91.7 Å². The van der Waals surface area contributed by atoms with E-state index in [-0.39, 0.29) is 12.6 Å². The number of halogens is 4. The third kappa shape index (κ3) is 5.09. The maximum absolute atomic E-state index is 13.2. The summed E-state index contributed by atoms with van der Waals surface area (Å²) in [5.41, 5.74) is 0. The van der Waals surface area contributed by atoms with Gasteiger partial charge in [-0.1, -0.05) is 0 Å². The summed E-state index contributed by atoms with van der Waals surface area (Å²) in [6, 6.07) is -0.282. The summed E-state index contributed by atoms with van der Waals surface area (Å²) in [5, 5.41) is 2.96. The molecule has 0 bridgehead atoms. The Morgan fingerprint density at radius 3 is 2.62 bits per heavy atom. The second kappa shape index (κ2) is 5.79. The molecule has 1 aliphatic heterocycles. The van der Waals surface area contributed by atoms with E-state index in [1.165, 1.54) is 0 Å². The predicted molar refractivity (Wildman–Crippen MR) is 50.8 cm³/mol. The molecule has 0 aromatic heterocycles. The van der Waals surface area contributed by atoms with Crippen LogP contribution >= 0.6 is 0 Å². The molecule has 7 heteroatoms. The number of likely N-dealkylation sites (N-methyl/N-ethyl adjacent to an activating group) is 1. The van der Waals surface area contributed by atoms with Gasteiger partial charge in [0.1, 0.15) is 6.17 Å². The van der Waals surface area contributed by atoms with Crippen molar-refractivity contribution in [3.05, 3.63) is 0 Å². The van der Waals surface area contributed by atoms with Crippen LogP contribution in [-0.4, -0.2) is 56.8 Å². The molecular formula is C9H16F4N2O. The largest absolute Gasteiger partial charge is 0.522 e. The van der Waals surface area contributed by atoms with Crippen LogP contribution in [0.5, 0.6) is 0 Å². The highest BCUT2D eigenvalue weighted by Gasteiger charge is 2.30. The molecule has 1 heterocycles. The molecule has 1 rings (SSSR count). The van der Waals surface area contributed by atoms with Crippen molar-refractivity contribution in [2.75, 3.05) is 33.3 Å². The minimum Gasteiger partial charge on any atom is -0.310 e. The molecule has 0 amide bonds. The van der Waals surface area contributed by atoms with Gasteiger partial charge in [-0.2, -0.15) is 0 Å². The van der Waals surface area contributed by atoms with Crippen molar-refractivity contribution in [2.24, 2.45) is 0 Å². The van der Waals surface area contributed by atoms with Gasteiger partial charge in [-0.05, 0) is 20.0 Å². The first-order valence-corrected chi connectivity index (χ1v) is 5.15. The molecule has 0 saturated carbocycles. The summed E-state index contributed by atoms with van der Waals surface area (Å²) in [6.07, 6.45) is -5.03. The Kier molecular flexibility index (Phi) is 4.94. The first-order valence-electron chi connectivity index (χ1n) is 5.15. The quantitative estimate of drug-likeness (QED) is 0.734. The van der Waals surface area contributed by atoms with Gasteiger partial charge in [0.25, 0.3) is 0 Å². The van der Waals surface area contributed by atoms with E-state index in [0.717, 1.165) is 0 Å². The minimum absolute atomic E-state index is 0.129. The van der Waals surface area contributed by atoms with Crippen LogP contribution in [0.25, 0.3) is 0 Å². The van der Waals surface area contributed by atoms with Gasteiger partial charge in [0.2, 0.25) is 0 Å². The summed E-state index contributed by atoms with van der Waals surface area (Å²) in [5.74, 6) is 0. The second-order valence-electron chi connectivity index (χ2n) is 3.92. The van der Waals surface area contributed by atoms with Gasteiger partial charge < -0.3 is 10.2 Å². The van der Waals surface area contributed by atoms with Crippen molar-refractivity contribution in [3.8, 4) is 0 Å². The lowest BCUT2D eigenvalue weighted by atomic mass is 10.2. The van der Waals surface area contributed by atoms with E-state index in [9.17, 15) is 17.6 Å². The first-order chi connectivity index (χ1) is 7.38. The third-order valence-corrected chi connectivity index (χ3v) is 2.51. The van der Waals surface area contributed by atoms with Crippen LogP contribution in [0.1, 0.15) is 6.42 Å². The van der Waals surface area contributed by atoms with Gasteiger partial charge in [-0.15, -0.1) is 13.2 Å². The number of nitrogens with zero attached hydrogens (tertiary/aromatic N) is 1. The van der Waals surface area contributed by atoms with Gasteiger partial charge >= 0.3 is 6.36 Å². The molecule has 3 nitrogen and oxygen atoms in total. The van der Waals surface area contributed by atoms with Gasteiger partial charge in [0.15, 0.2) is 0 Å². The molecule has 0 aromatic carbocycles. The van der Waals surface area contributed by atoms with Gasteiger partial charge in [-0.3, -0.25) is 4.74 Å². The predicted octanol–water partition coefficient (Wildman–Crippen LogP) is 1.15. The zero-order chi connectivity index (χ0) is 12.2. The van der Waals surface area contributed by atoms with E-state index in [0.29, 0.717) is 19.5 Å². The van der Waals surface area contributed by atoms with Crippen LogP contribution in [0.4, 0.5) is 17.6 Å². The fourth-order valence-corrected chi connectivity index (χ4v) is 1.66. The maximum Gasteiger partial charge on any atom is 0.522 e. The topological polar surface area (TPSA) is 24.5 Å². The molecule has 16 heavy (non-hydrogen) atoms. The average molecular weight is 244 g/mol. The molecule has 1 saturated heterocycles. The highest BCUT2D eigenvalue weighted by molar-refractivity contribution is 4.85. The van der Waals surface area contributed by atoms with Crippen LogP contribution in [0, 0.1) is 0 Å². The SMILES string of the molecule is CN(CCOC(F)(F)F)CC1NCCC1F. The van der Waals surface area contributed by atoms with E-state index in [2.05, 4.69) is 10.1 Å². The third-order valence-electron chi connectivity index (χ3n) is 2.51. The molecule has 0 aromatic rings. The van der Waals surface area contributed by atoms with Crippen molar-refractivity contribution in [2.45, 2.75) is 25.0 Å². The molecule has 0 spiro atoms. The van der Waals surface area contributed by atoms with Crippen molar-refractivity contribution < 1.29 is 22.3 Å². The van der Waals surface area contributed by atoms with E-state index in [1.54, 1.807) is 11.9 Å². The highest BCUT2D eigenvalue weighted by atomic mass is 19.4. The summed E-state index contributed by atoms with van der Waals surface area (Å²) >= 11 is 0. The minimum atomic E-state index is -4.59. The smallest absolute Gasteiger partial charge is 0.310 e. The number of rotatable bonds is 5. The van der Waals surface area contributed by atoms with Crippen LogP contribution in [0.3, 0.4) is 0 Å². The number of hydrogen-bond acceptors (Lipinski definition) is 3. The number of alkyl halides is 4.